The Morgan fingerprint density at radius 2 is 1.30 bits per heavy atom. The molecule has 0 bridgehead atoms. The molecule has 6 rings (SSSR count). The molecule has 2 aromatic heterocycles. The fraction of sp³-hybridized carbons (Fsp3) is 0. The molecule has 142 valence electrons. The highest BCUT2D eigenvalue weighted by molar-refractivity contribution is 14.1. The standard InChI is InChI=1S/C26H16IN3/c27-18-14-15-24-23(16-18)20-11-5-7-13-22(20)26-29-28-25(30(24)26)21-12-6-4-10-19(21)17-8-2-1-3-9-17/h1-16H. The highest BCUT2D eigenvalue weighted by Gasteiger charge is 2.18. The van der Waals surface area contributed by atoms with Crippen molar-refractivity contribution in [1.29, 1.82) is 0 Å². The number of halogens is 1. The van der Waals surface area contributed by atoms with Gasteiger partial charge in [0.1, 0.15) is 0 Å². The largest absolute Gasteiger partial charge is 0.274 e. The smallest absolute Gasteiger partial charge is 0.169 e. The van der Waals surface area contributed by atoms with Crippen molar-refractivity contribution in [1.82, 2.24) is 14.6 Å². The Balaban J connectivity index is 1.77. The zero-order chi connectivity index (χ0) is 20.1. The monoisotopic (exact) mass is 497 g/mol. The lowest BCUT2D eigenvalue weighted by atomic mass is 9.99. The third-order valence-electron chi connectivity index (χ3n) is 5.57. The van der Waals surface area contributed by atoms with E-state index >= 15 is 0 Å². The van der Waals surface area contributed by atoms with Crippen molar-refractivity contribution < 1.29 is 0 Å². The van der Waals surface area contributed by atoms with Gasteiger partial charge in [0.15, 0.2) is 11.5 Å². The van der Waals surface area contributed by atoms with Gasteiger partial charge < -0.3 is 0 Å². The third kappa shape index (κ3) is 2.64. The van der Waals surface area contributed by atoms with Crippen LogP contribution >= 0.6 is 22.6 Å². The summed E-state index contributed by atoms with van der Waals surface area (Å²) in [7, 11) is 0. The molecule has 0 spiro atoms. The fourth-order valence-electron chi connectivity index (χ4n) is 4.24. The Morgan fingerprint density at radius 3 is 2.13 bits per heavy atom. The number of benzene rings is 4. The molecule has 4 aromatic carbocycles. The van der Waals surface area contributed by atoms with E-state index in [1.54, 1.807) is 0 Å². The molecule has 6 aromatic rings. The van der Waals surface area contributed by atoms with Crippen molar-refractivity contribution in [2.24, 2.45) is 0 Å². The van der Waals surface area contributed by atoms with Gasteiger partial charge in [-0.1, -0.05) is 78.9 Å². The lowest BCUT2D eigenvalue weighted by Gasteiger charge is -2.12. The molecular weight excluding hydrogens is 481 g/mol. The van der Waals surface area contributed by atoms with E-state index in [2.05, 4.69) is 128 Å². The molecule has 0 aliphatic carbocycles. The normalized spacial score (nSPS) is 11.5. The molecule has 0 saturated carbocycles. The summed E-state index contributed by atoms with van der Waals surface area (Å²) >= 11 is 2.38. The van der Waals surface area contributed by atoms with Crippen LogP contribution in [0.25, 0.3) is 49.8 Å². The van der Waals surface area contributed by atoms with E-state index in [0.29, 0.717) is 0 Å². The van der Waals surface area contributed by atoms with Gasteiger partial charge in [0, 0.05) is 19.9 Å². The summed E-state index contributed by atoms with van der Waals surface area (Å²) < 4.78 is 3.42. The number of rotatable bonds is 2. The second kappa shape index (κ2) is 6.92. The summed E-state index contributed by atoms with van der Waals surface area (Å²) in [6.07, 6.45) is 0. The number of nitrogens with zero attached hydrogens (tertiary/aromatic N) is 3. The van der Waals surface area contributed by atoms with E-state index in [-0.39, 0.29) is 0 Å². The molecule has 0 atom stereocenters. The van der Waals surface area contributed by atoms with Gasteiger partial charge >= 0.3 is 0 Å². The number of aromatic nitrogens is 3. The van der Waals surface area contributed by atoms with Crippen molar-refractivity contribution in [3.63, 3.8) is 0 Å². The Bertz CT molecular complexity index is 1550. The molecule has 3 nitrogen and oxygen atoms in total. The van der Waals surface area contributed by atoms with Gasteiger partial charge in [0.2, 0.25) is 0 Å². The van der Waals surface area contributed by atoms with Crippen molar-refractivity contribution in [2.75, 3.05) is 0 Å². The lowest BCUT2D eigenvalue weighted by Crippen LogP contribution is -1.96. The molecule has 0 unspecified atom stereocenters. The summed E-state index contributed by atoms with van der Waals surface area (Å²) in [5.41, 5.74) is 5.40. The van der Waals surface area contributed by atoms with E-state index in [1.165, 1.54) is 19.9 Å². The Kier molecular flexibility index (Phi) is 4.06. The Hall–Kier alpha value is -3.25. The van der Waals surface area contributed by atoms with Crippen LogP contribution in [-0.2, 0) is 0 Å². The first kappa shape index (κ1) is 17.6. The minimum Gasteiger partial charge on any atom is -0.274 e. The maximum Gasteiger partial charge on any atom is 0.169 e. The first-order valence-electron chi connectivity index (χ1n) is 9.81. The van der Waals surface area contributed by atoms with Crippen molar-refractivity contribution in [3.8, 4) is 22.5 Å². The molecule has 0 aliphatic heterocycles. The van der Waals surface area contributed by atoms with Crippen LogP contribution in [0.3, 0.4) is 0 Å². The van der Waals surface area contributed by atoms with Crippen LogP contribution in [-0.4, -0.2) is 14.6 Å². The second-order valence-electron chi connectivity index (χ2n) is 7.30. The molecule has 2 heterocycles. The van der Waals surface area contributed by atoms with Gasteiger partial charge in [-0.3, -0.25) is 4.40 Å². The molecule has 0 radical (unpaired) electrons. The molecule has 0 aliphatic rings. The van der Waals surface area contributed by atoms with Crippen LogP contribution in [0.4, 0.5) is 0 Å². The number of pyridine rings is 1. The average molecular weight is 497 g/mol. The SMILES string of the molecule is Ic1ccc2c(c1)c1ccccc1c1nnc(-c3ccccc3-c3ccccc3)n21. The molecule has 4 heteroatoms. The minimum atomic E-state index is 0.862. The van der Waals surface area contributed by atoms with Crippen LogP contribution in [0.1, 0.15) is 0 Å². The number of hydrogen-bond acceptors (Lipinski definition) is 2. The molecule has 0 N–H and O–H groups in total. The lowest BCUT2D eigenvalue weighted by molar-refractivity contribution is 1.12. The zero-order valence-electron chi connectivity index (χ0n) is 16.0. The van der Waals surface area contributed by atoms with Crippen LogP contribution in [0.2, 0.25) is 0 Å². The third-order valence-corrected chi connectivity index (χ3v) is 6.24. The molecule has 0 amide bonds. The first-order valence-corrected chi connectivity index (χ1v) is 10.9. The summed E-state index contributed by atoms with van der Waals surface area (Å²) in [4.78, 5) is 0. The quantitative estimate of drug-likeness (QED) is 0.191. The summed E-state index contributed by atoms with van der Waals surface area (Å²) in [6.45, 7) is 0. The van der Waals surface area contributed by atoms with Gasteiger partial charge in [-0.15, -0.1) is 10.2 Å². The predicted octanol–water partition coefficient (Wildman–Crippen LogP) is 6.97. The second-order valence-corrected chi connectivity index (χ2v) is 8.55. The Labute approximate surface area is 187 Å². The topological polar surface area (TPSA) is 30.2 Å². The maximum absolute atomic E-state index is 4.69. The van der Waals surface area contributed by atoms with Crippen LogP contribution in [0, 0.1) is 3.57 Å². The van der Waals surface area contributed by atoms with Gasteiger partial charge in [0.25, 0.3) is 0 Å². The molecular formula is C26H16IN3. The summed E-state index contributed by atoms with van der Waals surface area (Å²) in [6, 6.07) is 33.9. The van der Waals surface area contributed by atoms with Gasteiger partial charge in [-0.2, -0.15) is 0 Å². The maximum atomic E-state index is 4.69. The molecule has 30 heavy (non-hydrogen) atoms. The van der Waals surface area contributed by atoms with E-state index in [0.717, 1.165) is 33.5 Å². The average Bonchev–Trinajstić information content (AvgIpc) is 3.25. The van der Waals surface area contributed by atoms with Crippen LogP contribution < -0.4 is 0 Å². The zero-order valence-corrected chi connectivity index (χ0v) is 18.1. The molecule has 0 saturated heterocycles. The van der Waals surface area contributed by atoms with Crippen LogP contribution in [0.15, 0.2) is 97.1 Å². The van der Waals surface area contributed by atoms with Crippen molar-refractivity contribution in [2.45, 2.75) is 0 Å². The van der Waals surface area contributed by atoms with Crippen LogP contribution in [0.5, 0.6) is 0 Å². The summed E-state index contributed by atoms with van der Waals surface area (Å²) in [5, 5.41) is 12.9. The van der Waals surface area contributed by atoms with Crippen molar-refractivity contribution in [3.05, 3.63) is 101 Å². The van der Waals surface area contributed by atoms with E-state index in [9.17, 15) is 0 Å². The Morgan fingerprint density at radius 1 is 0.600 bits per heavy atom. The van der Waals surface area contributed by atoms with E-state index < -0.39 is 0 Å². The van der Waals surface area contributed by atoms with E-state index in [4.69, 9.17) is 0 Å². The number of hydrogen-bond donors (Lipinski definition) is 0. The minimum absolute atomic E-state index is 0.862. The van der Waals surface area contributed by atoms with Gasteiger partial charge in [-0.05, 0) is 57.3 Å². The van der Waals surface area contributed by atoms with E-state index in [1.807, 2.05) is 6.07 Å². The first-order chi connectivity index (χ1) is 14.8. The van der Waals surface area contributed by atoms with Crippen molar-refractivity contribution >= 4 is 49.9 Å². The predicted molar refractivity (Wildman–Crippen MR) is 132 cm³/mol. The summed E-state index contributed by atoms with van der Waals surface area (Å²) in [5.74, 6) is 0.862. The fourth-order valence-corrected chi connectivity index (χ4v) is 4.73. The number of fused-ring (bicyclic) bond motifs is 6. The highest BCUT2D eigenvalue weighted by Crippen LogP contribution is 2.36. The highest BCUT2D eigenvalue weighted by atomic mass is 127. The molecule has 0 fully saturated rings. The van der Waals surface area contributed by atoms with Gasteiger partial charge in [-0.25, -0.2) is 0 Å². The van der Waals surface area contributed by atoms with Gasteiger partial charge in [0.05, 0.1) is 5.52 Å².